The molecule has 1 aliphatic rings. The number of amides is 1. The first-order chi connectivity index (χ1) is 31.0. The third kappa shape index (κ3) is 33.7. The van der Waals surface area contributed by atoms with Gasteiger partial charge >= 0.3 is 10.4 Å². The maximum Gasteiger partial charge on any atom is 0.397 e. The highest BCUT2D eigenvalue weighted by Crippen LogP contribution is 2.26. The Balaban J connectivity index is 2.45. The van der Waals surface area contributed by atoms with E-state index in [2.05, 4.69) is 47.7 Å². The van der Waals surface area contributed by atoms with E-state index < -0.39 is 59.9 Å². The van der Waals surface area contributed by atoms with Crippen LogP contribution in [-0.4, -0.2) is 95.4 Å². The molecular weight excluding hydrogens is 835 g/mol. The van der Waals surface area contributed by atoms with Crippen molar-refractivity contribution in [3.05, 3.63) is 36.5 Å². The molecule has 1 heterocycles. The van der Waals surface area contributed by atoms with Crippen molar-refractivity contribution in [2.24, 2.45) is 0 Å². The van der Waals surface area contributed by atoms with Crippen molar-refractivity contribution >= 4 is 16.3 Å². The second-order valence-electron chi connectivity index (χ2n) is 18.1. The van der Waals surface area contributed by atoms with Crippen molar-refractivity contribution in [2.75, 3.05) is 13.2 Å². The van der Waals surface area contributed by atoms with Gasteiger partial charge < -0.3 is 35.2 Å². The van der Waals surface area contributed by atoms with Crippen LogP contribution in [0.1, 0.15) is 226 Å². The zero-order valence-corrected chi connectivity index (χ0v) is 41.2. The van der Waals surface area contributed by atoms with E-state index in [1.165, 1.54) is 135 Å². The minimum atomic E-state index is -5.09. The summed E-state index contributed by atoms with van der Waals surface area (Å²) in [5.41, 5.74) is 0. The zero-order valence-electron chi connectivity index (χ0n) is 40.3. The summed E-state index contributed by atoms with van der Waals surface area (Å²) in [5, 5.41) is 44.8. The molecule has 64 heavy (non-hydrogen) atoms. The molecule has 12 nitrogen and oxygen atoms in total. The number of aliphatic hydroxyl groups excluding tert-OH is 4. The maximum absolute atomic E-state index is 13.1. The van der Waals surface area contributed by atoms with Crippen LogP contribution in [0.4, 0.5) is 0 Å². The molecule has 0 radical (unpaired) electrons. The van der Waals surface area contributed by atoms with Gasteiger partial charge in [0, 0.05) is 6.42 Å². The number of hydrogen-bond donors (Lipinski definition) is 6. The number of allylic oxidation sites excluding steroid dienone is 5. The Labute approximate surface area is 390 Å². The highest BCUT2D eigenvalue weighted by molar-refractivity contribution is 7.80. The summed E-state index contributed by atoms with van der Waals surface area (Å²) in [6.45, 7) is 3.37. The summed E-state index contributed by atoms with van der Waals surface area (Å²) < 4.78 is 47.7. The van der Waals surface area contributed by atoms with Crippen molar-refractivity contribution in [1.82, 2.24) is 5.32 Å². The van der Waals surface area contributed by atoms with Gasteiger partial charge in [-0.3, -0.25) is 9.35 Å². The third-order valence-corrected chi connectivity index (χ3v) is 12.7. The van der Waals surface area contributed by atoms with E-state index in [1.807, 2.05) is 6.08 Å². The maximum atomic E-state index is 13.1. The number of nitrogens with one attached hydrogen (secondary N) is 1. The number of rotatable bonds is 44. The summed E-state index contributed by atoms with van der Waals surface area (Å²) in [7, 11) is -5.09. The number of carbonyl (C=O) groups is 1. The molecule has 6 N–H and O–H groups in total. The highest BCUT2D eigenvalue weighted by atomic mass is 32.3. The van der Waals surface area contributed by atoms with Crippen LogP contribution >= 0.6 is 0 Å². The van der Waals surface area contributed by atoms with Gasteiger partial charge in [0.15, 0.2) is 6.29 Å². The Kier molecular flexibility index (Phi) is 39.1. The fraction of sp³-hybridized carbons (Fsp3) is 0.863. The largest absolute Gasteiger partial charge is 0.397 e. The van der Waals surface area contributed by atoms with Gasteiger partial charge in [-0.25, -0.2) is 4.18 Å². The van der Waals surface area contributed by atoms with Crippen molar-refractivity contribution in [1.29, 1.82) is 0 Å². The van der Waals surface area contributed by atoms with Crippen LogP contribution in [-0.2, 0) is 28.9 Å². The Morgan fingerprint density at radius 1 is 0.625 bits per heavy atom. The van der Waals surface area contributed by atoms with E-state index in [-0.39, 0.29) is 18.9 Å². The van der Waals surface area contributed by atoms with Gasteiger partial charge in [-0.15, -0.1) is 0 Å². The van der Waals surface area contributed by atoms with Gasteiger partial charge in [0.25, 0.3) is 0 Å². The van der Waals surface area contributed by atoms with Crippen LogP contribution in [0, 0.1) is 0 Å². The van der Waals surface area contributed by atoms with E-state index in [4.69, 9.17) is 9.47 Å². The van der Waals surface area contributed by atoms with E-state index >= 15 is 0 Å². The molecule has 0 aromatic heterocycles. The molecule has 376 valence electrons. The van der Waals surface area contributed by atoms with E-state index in [9.17, 15) is 38.2 Å². The second-order valence-corrected chi connectivity index (χ2v) is 19.2. The zero-order chi connectivity index (χ0) is 46.9. The molecular formula is C51H95NO11S. The lowest BCUT2D eigenvalue weighted by molar-refractivity contribution is -0.298. The molecule has 7 unspecified atom stereocenters. The Hall–Kier alpha value is -1.68. The Bertz CT molecular complexity index is 1280. The molecule has 0 bridgehead atoms. The molecule has 0 aromatic rings. The molecule has 1 fully saturated rings. The van der Waals surface area contributed by atoms with E-state index in [0.29, 0.717) is 6.42 Å². The topological polar surface area (TPSA) is 192 Å². The molecule has 1 aliphatic heterocycles. The fourth-order valence-electron chi connectivity index (χ4n) is 8.15. The number of ether oxygens (including phenoxy) is 2. The molecule has 7 atom stereocenters. The van der Waals surface area contributed by atoms with Gasteiger partial charge in [0.05, 0.1) is 25.4 Å². The standard InChI is InChI=1S/C51H95NO11S/c1-3-5-7-9-11-13-15-17-19-20-21-22-23-24-25-27-28-30-32-34-36-38-40-45(54)44(43-61-51-49(57)50(63-64(58,59)60)48(56)46(42-53)62-51)52-47(55)41-39-37-35-33-31-29-26-18-16-14-12-10-8-6-4-2/h12,14,16,18,38,40,44-46,48-51,53-54,56-57H,3-11,13,15,17,19-37,39,41-43H2,1-2H3,(H,52,55)(H,58,59,60)/b14-12-,18-16-,40-38+. The molecule has 0 aromatic carbocycles. The molecule has 1 amide bonds. The quantitative estimate of drug-likeness (QED) is 0.0147. The Morgan fingerprint density at radius 3 is 1.48 bits per heavy atom. The minimum Gasteiger partial charge on any atom is -0.394 e. The van der Waals surface area contributed by atoms with Gasteiger partial charge in [-0.05, 0) is 44.9 Å². The van der Waals surface area contributed by atoms with E-state index in [1.54, 1.807) is 6.08 Å². The smallest absolute Gasteiger partial charge is 0.394 e. The molecule has 1 rings (SSSR count). The first-order valence-electron chi connectivity index (χ1n) is 25.9. The first kappa shape index (κ1) is 60.3. The van der Waals surface area contributed by atoms with Crippen LogP contribution in [0.15, 0.2) is 36.5 Å². The average molecular weight is 930 g/mol. The first-order valence-corrected chi connectivity index (χ1v) is 27.3. The summed E-state index contributed by atoms with van der Waals surface area (Å²) >= 11 is 0. The lowest BCUT2D eigenvalue weighted by atomic mass is 9.99. The molecule has 0 aliphatic carbocycles. The normalized spacial score (nSPS) is 20.5. The average Bonchev–Trinajstić information content (AvgIpc) is 3.27. The molecule has 13 heteroatoms. The van der Waals surface area contributed by atoms with Crippen LogP contribution in [0.3, 0.4) is 0 Å². The lowest BCUT2D eigenvalue weighted by Crippen LogP contribution is -2.61. The number of unbranched alkanes of at least 4 members (excludes halogenated alkanes) is 29. The van der Waals surface area contributed by atoms with Crippen LogP contribution in [0.5, 0.6) is 0 Å². The lowest BCUT2D eigenvalue weighted by Gasteiger charge is -2.41. The van der Waals surface area contributed by atoms with Gasteiger partial charge in [0.1, 0.15) is 24.4 Å². The molecule has 0 saturated carbocycles. The molecule has 1 saturated heterocycles. The summed E-state index contributed by atoms with van der Waals surface area (Å²) in [4.78, 5) is 13.1. The predicted octanol–water partition coefficient (Wildman–Crippen LogP) is 11.1. The minimum absolute atomic E-state index is 0.255. The fourth-order valence-corrected chi connectivity index (χ4v) is 8.66. The van der Waals surface area contributed by atoms with Crippen LogP contribution in [0.25, 0.3) is 0 Å². The monoisotopic (exact) mass is 930 g/mol. The van der Waals surface area contributed by atoms with Crippen molar-refractivity contribution in [3.63, 3.8) is 0 Å². The van der Waals surface area contributed by atoms with Gasteiger partial charge in [0.2, 0.25) is 5.91 Å². The van der Waals surface area contributed by atoms with Crippen LogP contribution in [0.2, 0.25) is 0 Å². The van der Waals surface area contributed by atoms with E-state index in [0.717, 1.165) is 64.2 Å². The van der Waals surface area contributed by atoms with Crippen molar-refractivity contribution in [2.45, 2.75) is 269 Å². The number of hydrogen-bond acceptors (Lipinski definition) is 10. The summed E-state index contributed by atoms with van der Waals surface area (Å²) in [5.74, 6) is -0.274. The van der Waals surface area contributed by atoms with Crippen molar-refractivity contribution in [3.8, 4) is 0 Å². The second kappa shape index (κ2) is 41.5. The number of carbonyl (C=O) groups excluding carboxylic acids is 1. The predicted molar refractivity (Wildman–Crippen MR) is 259 cm³/mol. The highest BCUT2D eigenvalue weighted by Gasteiger charge is 2.48. The van der Waals surface area contributed by atoms with Gasteiger partial charge in [-0.1, -0.05) is 211 Å². The molecule has 0 spiro atoms. The summed E-state index contributed by atoms with van der Waals surface area (Å²) in [6, 6.07) is -0.950. The SMILES string of the molecule is CCCCC/C=C\C=C/CCCCCCCCC(=O)NC(COC1OC(CO)C(O)C(OS(=O)(=O)O)C1O)C(O)/C=C/CCCCCCCCCCCCCCCCCCCCCC. The third-order valence-electron chi connectivity index (χ3n) is 12.2. The van der Waals surface area contributed by atoms with Crippen LogP contribution < -0.4 is 5.32 Å². The Morgan fingerprint density at radius 2 is 1.03 bits per heavy atom. The number of aliphatic hydroxyl groups is 4. The summed E-state index contributed by atoms with van der Waals surface area (Å²) in [6.07, 6.45) is 41.8. The van der Waals surface area contributed by atoms with Gasteiger partial charge in [-0.2, -0.15) is 8.42 Å². The van der Waals surface area contributed by atoms with Crippen molar-refractivity contribution < 1.29 is 51.8 Å².